The van der Waals surface area contributed by atoms with E-state index in [-0.39, 0.29) is 0 Å². The zero-order valence-corrected chi connectivity index (χ0v) is 11.6. The van der Waals surface area contributed by atoms with Crippen LogP contribution in [0.1, 0.15) is 12.0 Å². The molecular formula is C12H10BrCl2N. The smallest absolute Gasteiger partial charge is 0.132 e. The summed E-state index contributed by atoms with van der Waals surface area (Å²) in [6, 6.07) is 8.09. The zero-order chi connectivity index (χ0) is 11.5. The van der Waals surface area contributed by atoms with Crippen molar-refractivity contribution in [3.8, 4) is 0 Å². The van der Waals surface area contributed by atoms with Crippen molar-refractivity contribution in [1.82, 2.24) is 4.98 Å². The fourth-order valence-electron chi connectivity index (χ4n) is 1.59. The van der Waals surface area contributed by atoms with Gasteiger partial charge in [-0.1, -0.05) is 33.6 Å². The molecule has 0 unspecified atom stereocenters. The highest BCUT2D eigenvalue weighted by molar-refractivity contribution is 9.10. The van der Waals surface area contributed by atoms with Gasteiger partial charge in [-0.25, -0.2) is 4.98 Å². The molecule has 0 atom stereocenters. The summed E-state index contributed by atoms with van der Waals surface area (Å²) in [5.41, 5.74) is 1.98. The Morgan fingerprint density at radius 2 is 2.06 bits per heavy atom. The van der Waals surface area contributed by atoms with Gasteiger partial charge in [0.05, 0.1) is 5.52 Å². The fourth-order valence-corrected chi connectivity index (χ4v) is 2.32. The molecule has 0 aliphatic carbocycles. The normalized spacial score (nSPS) is 10.9. The molecule has 84 valence electrons. The molecule has 0 aliphatic heterocycles. The Bertz CT molecular complexity index is 514. The molecule has 1 aromatic heterocycles. The molecule has 1 heterocycles. The second-order valence-corrected chi connectivity index (χ2v) is 5.22. The number of hydrogen-bond acceptors (Lipinski definition) is 1. The van der Waals surface area contributed by atoms with Crippen LogP contribution in [0.2, 0.25) is 5.15 Å². The van der Waals surface area contributed by atoms with Crippen LogP contribution in [0.15, 0.2) is 28.7 Å². The van der Waals surface area contributed by atoms with E-state index >= 15 is 0 Å². The summed E-state index contributed by atoms with van der Waals surface area (Å²) in [6.45, 7) is 0. The molecule has 16 heavy (non-hydrogen) atoms. The highest BCUT2D eigenvalue weighted by Gasteiger charge is 2.05. The Hall–Kier alpha value is -0.310. The van der Waals surface area contributed by atoms with E-state index in [4.69, 9.17) is 23.2 Å². The van der Waals surface area contributed by atoms with Gasteiger partial charge in [0.25, 0.3) is 0 Å². The minimum absolute atomic E-state index is 0.579. The van der Waals surface area contributed by atoms with Gasteiger partial charge in [-0.05, 0) is 36.6 Å². The van der Waals surface area contributed by atoms with E-state index in [1.165, 1.54) is 0 Å². The van der Waals surface area contributed by atoms with E-state index in [0.29, 0.717) is 11.0 Å². The lowest BCUT2D eigenvalue weighted by atomic mass is 10.1. The predicted molar refractivity (Wildman–Crippen MR) is 73.5 cm³/mol. The predicted octanol–water partition coefficient (Wildman–Crippen LogP) is 4.82. The third-order valence-electron chi connectivity index (χ3n) is 2.39. The fraction of sp³-hybridized carbons (Fsp3) is 0.250. The molecule has 0 saturated carbocycles. The molecule has 0 aliphatic rings. The Labute approximate surface area is 113 Å². The Morgan fingerprint density at radius 3 is 2.81 bits per heavy atom. The van der Waals surface area contributed by atoms with Gasteiger partial charge >= 0.3 is 0 Å². The summed E-state index contributed by atoms with van der Waals surface area (Å²) in [7, 11) is 0. The molecule has 2 rings (SSSR count). The topological polar surface area (TPSA) is 12.9 Å². The Kier molecular flexibility index (Phi) is 4.06. The van der Waals surface area contributed by atoms with Crippen LogP contribution < -0.4 is 0 Å². The number of pyridine rings is 1. The number of nitrogens with zero attached hydrogens (tertiary/aromatic N) is 1. The molecule has 0 radical (unpaired) electrons. The number of benzene rings is 1. The number of aromatic nitrogens is 1. The van der Waals surface area contributed by atoms with Gasteiger partial charge in [0.1, 0.15) is 5.15 Å². The van der Waals surface area contributed by atoms with Crippen LogP contribution in [0.3, 0.4) is 0 Å². The minimum Gasteiger partial charge on any atom is -0.236 e. The van der Waals surface area contributed by atoms with Gasteiger partial charge in [-0.15, -0.1) is 11.6 Å². The van der Waals surface area contributed by atoms with Gasteiger partial charge in [-0.2, -0.15) is 0 Å². The Morgan fingerprint density at radius 1 is 1.25 bits per heavy atom. The molecule has 0 amide bonds. The first-order chi connectivity index (χ1) is 7.70. The van der Waals surface area contributed by atoms with Crippen molar-refractivity contribution < 1.29 is 0 Å². The highest BCUT2D eigenvalue weighted by atomic mass is 79.9. The summed E-state index contributed by atoms with van der Waals surface area (Å²) < 4.78 is 1.01. The van der Waals surface area contributed by atoms with E-state index in [1.807, 2.05) is 18.2 Å². The van der Waals surface area contributed by atoms with E-state index in [1.54, 1.807) is 0 Å². The monoisotopic (exact) mass is 317 g/mol. The van der Waals surface area contributed by atoms with Crippen molar-refractivity contribution in [2.75, 3.05) is 5.88 Å². The molecule has 0 spiro atoms. The first-order valence-electron chi connectivity index (χ1n) is 5.01. The number of aryl methyl sites for hydroxylation is 1. The number of alkyl halides is 1. The van der Waals surface area contributed by atoms with E-state index < -0.39 is 0 Å². The van der Waals surface area contributed by atoms with Crippen molar-refractivity contribution in [1.29, 1.82) is 0 Å². The number of halogens is 3. The second kappa shape index (κ2) is 5.35. The van der Waals surface area contributed by atoms with Crippen molar-refractivity contribution in [2.24, 2.45) is 0 Å². The van der Waals surface area contributed by atoms with Crippen LogP contribution >= 0.6 is 39.1 Å². The molecule has 1 nitrogen and oxygen atoms in total. The van der Waals surface area contributed by atoms with Gasteiger partial charge in [-0.3, -0.25) is 0 Å². The number of fused-ring (bicyclic) bond motifs is 1. The number of hydrogen-bond donors (Lipinski definition) is 0. The van der Waals surface area contributed by atoms with Gasteiger partial charge in [0.2, 0.25) is 0 Å². The molecular weight excluding hydrogens is 309 g/mol. The number of rotatable bonds is 3. The molecule has 4 heteroatoms. The van der Waals surface area contributed by atoms with Crippen molar-refractivity contribution in [2.45, 2.75) is 12.8 Å². The lowest BCUT2D eigenvalue weighted by Gasteiger charge is -2.05. The average Bonchev–Trinajstić information content (AvgIpc) is 2.26. The van der Waals surface area contributed by atoms with Crippen molar-refractivity contribution >= 4 is 50.0 Å². The van der Waals surface area contributed by atoms with Crippen LogP contribution in [0, 0.1) is 0 Å². The van der Waals surface area contributed by atoms with Gasteiger partial charge in [0, 0.05) is 15.7 Å². The third kappa shape index (κ3) is 2.68. The van der Waals surface area contributed by atoms with Crippen LogP contribution in [0.25, 0.3) is 10.9 Å². The quantitative estimate of drug-likeness (QED) is 0.584. The van der Waals surface area contributed by atoms with Crippen LogP contribution in [-0.2, 0) is 6.42 Å². The molecule has 0 fully saturated rings. The highest BCUT2D eigenvalue weighted by Crippen LogP contribution is 2.24. The molecule has 0 saturated heterocycles. The third-order valence-corrected chi connectivity index (χ3v) is 3.47. The maximum absolute atomic E-state index is 6.12. The zero-order valence-electron chi connectivity index (χ0n) is 8.51. The lowest BCUT2D eigenvalue weighted by molar-refractivity contribution is 0.924. The standard InChI is InChI=1S/C12H10BrCl2N/c13-10-4-3-8-6-9(2-1-5-14)12(15)16-11(8)7-10/h3-4,6-7H,1-2,5H2. The average molecular weight is 319 g/mol. The van der Waals surface area contributed by atoms with Crippen molar-refractivity contribution in [3.63, 3.8) is 0 Å². The minimum atomic E-state index is 0.579. The second-order valence-electron chi connectivity index (χ2n) is 3.57. The van der Waals surface area contributed by atoms with Crippen LogP contribution in [-0.4, -0.2) is 10.9 Å². The van der Waals surface area contributed by atoms with Gasteiger partial charge in [0.15, 0.2) is 0 Å². The summed E-state index contributed by atoms with van der Waals surface area (Å²) in [5.74, 6) is 0.648. The molecule has 2 aromatic rings. The summed E-state index contributed by atoms with van der Waals surface area (Å²) in [6.07, 6.45) is 1.80. The lowest BCUT2D eigenvalue weighted by Crippen LogP contribution is -1.91. The SMILES string of the molecule is ClCCCc1cc2ccc(Br)cc2nc1Cl. The van der Waals surface area contributed by atoms with Crippen LogP contribution in [0.5, 0.6) is 0 Å². The molecule has 0 N–H and O–H groups in total. The Balaban J connectivity index is 2.45. The maximum Gasteiger partial charge on any atom is 0.132 e. The summed E-state index contributed by atoms with van der Waals surface area (Å²) >= 11 is 15.2. The van der Waals surface area contributed by atoms with Gasteiger partial charge < -0.3 is 0 Å². The first-order valence-corrected chi connectivity index (χ1v) is 6.72. The summed E-state index contributed by atoms with van der Waals surface area (Å²) in [5, 5.41) is 1.69. The van der Waals surface area contributed by atoms with Crippen LogP contribution in [0.4, 0.5) is 0 Å². The first kappa shape index (κ1) is 12.2. The van der Waals surface area contributed by atoms with E-state index in [0.717, 1.165) is 33.8 Å². The molecule has 1 aromatic carbocycles. The van der Waals surface area contributed by atoms with E-state index in [9.17, 15) is 0 Å². The van der Waals surface area contributed by atoms with E-state index in [2.05, 4.69) is 27.0 Å². The summed E-state index contributed by atoms with van der Waals surface area (Å²) in [4.78, 5) is 4.38. The maximum atomic E-state index is 6.12. The molecule has 0 bridgehead atoms. The largest absolute Gasteiger partial charge is 0.236 e. The van der Waals surface area contributed by atoms with Crippen molar-refractivity contribution in [3.05, 3.63) is 39.5 Å².